The van der Waals surface area contributed by atoms with Crippen molar-refractivity contribution in [1.82, 2.24) is 14.5 Å². The molecule has 154 valence electrons. The second kappa shape index (κ2) is 7.68. The number of amides is 2. The third-order valence-corrected chi connectivity index (χ3v) is 5.43. The second-order valence-corrected chi connectivity index (χ2v) is 7.69. The van der Waals surface area contributed by atoms with E-state index in [1.165, 1.54) is 0 Å². The van der Waals surface area contributed by atoms with Crippen molar-refractivity contribution in [3.63, 3.8) is 0 Å². The average molecular weight is 411 g/mol. The maximum Gasteiger partial charge on any atom is 0.253 e. The number of hydrogen-bond acceptors (Lipinski definition) is 4. The molecule has 1 aliphatic rings. The first-order valence-electron chi connectivity index (χ1n) is 10.1. The van der Waals surface area contributed by atoms with E-state index in [0.717, 1.165) is 27.8 Å². The molecule has 1 unspecified atom stereocenters. The van der Waals surface area contributed by atoms with Crippen LogP contribution in [-0.4, -0.2) is 26.3 Å². The number of rotatable bonds is 5. The summed E-state index contributed by atoms with van der Waals surface area (Å²) in [6.45, 7) is 2.32. The van der Waals surface area contributed by atoms with Gasteiger partial charge >= 0.3 is 0 Å². The molecule has 1 aliphatic heterocycles. The zero-order valence-corrected chi connectivity index (χ0v) is 17.0. The van der Waals surface area contributed by atoms with Crippen LogP contribution >= 0.6 is 0 Å². The van der Waals surface area contributed by atoms with Crippen molar-refractivity contribution >= 4 is 34.5 Å². The lowest BCUT2D eigenvalue weighted by atomic mass is 10.1. The van der Waals surface area contributed by atoms with Crippen LogP contribution in [0.15, 0.2) is 73.1 Å². The minimum Gasteiger partial charge on any atom is -0.326 e. The summed E-state index contributed by atoms with van der Waals surface area (Å²) in [5, 5.41) is 2.91. The number of pyridine rings is 1. The fourth-order valence-corrected chi connectivity index (χ4v) is 4.03. The second-order valence-electron chi connectivity index (χ2n) is 7.69. The molecule has 0 bridgehead atoms. The number of nitrogens with zero attached hydrogens (tertiary/aromatic N) is 4. The minimum absolute atomic E-state index is 0.0314. The highest BCUT2D eigenvalue weighted by molar-refractivity contribution is 6.05. The molecule has 0 saturated heterocycles. The fourth-order valence-electron chi connectivity index (χ4n) is 4.03. The zero-order chi connectivity index (χ0) is 21.4. The predicted molar refractivity (Wildman–Crippen MR) is 119 cm³/mol. The van der Waals surface area contributed by atoms with Gasteiger partial charge < -0.3 is 5.32 Å². The molecule has 7 heteroatoms. The van der Waals surface area contributed by atoms with E-state index < -0.39 is 6.04 Å². The van der Waals surface area contributed by atoms with Gasteiger partial charge in [0.25, 0.3) is 5.91 Å². The standard InChI is InChI=1S/C24H21N5O2/c1-16-6-4-8-18(12-16)26-22(30)13-21-23(31)28(15-17-7-5-11-25-14-17)24-27-19-9-2-3-10-20(19)29(21)24/h2-12,14,21H,13,15H2,1H3,(H,26,30). The number of nitrogens with one attached hydrogen (secondary N) is 1. The van der Waals surface area contributed by atoms with Crippen LogP contribution in [0, 0.1) is 6.92 Å². The topological polar surface area (TPSA) is 80.1 Å². The van der Waals surface area contributed by atoms with Crippen LogP contribution in [0.3, 0.4) is 0 Å². The third-order valence-electron chi connectivity index (χ3n) is 5.43. The Kier molecular flexibility index (Phi) is 4.71. The zero-order valence-electron chi connectivity index (χ0n) is 17.0. The summed E-state index contributed by atoms with van der Waals surface area (Å²) in [6.07, 6.45) is 3.46. The van der Waals surface area contributed by atoms with Crippen LogP contribution in [0.25, 0.3) is 11.0 Å². The summed E-state index contributed by atoms with van der Waals surface area (Å²) in [4.78, 5) is 36.7. The first kappa shape index (κ1) is 19.0. The van der Waals surface area contributed by atoms with Gasteiger partial charge in [0.1, 0.15) is 6.04 Å². The van der Waals surface area contributed by atoms with Gasteiger partial charge in [0.05, 0.1) is 24.0 Å². The molecule has 4 aromatic rings. The Balaban J connectivity index is 1.47. The van der Waals surface area contributed by atoms with E-state index in [-0.39, 0.29) is 18.2 Å². The Hall–Kier alpha value is -4.00. The Bertz CT molecular complexity index is 1280. The van der Waals surface area contributed by atoms with E-state index in [1.54, 1.807) is 17.3 Å². The average Bonchev–Trinajstić information content (AvgIpc) is 3.25. The molecule has 0 saturated carbocycles. The number of anilines is 2. The lowest BCUT2D eigenvalue weighted by Crippen LogP contribution is -2.31. The third kappa shape index (κ3) is 3.54. The van der Waals surface area contributed by atoms with Gasteiger partial charge in [0.2, 0.25) is 11.9 Å². The molecule has 7 nitrogen and oxygen atoms in total. The van der Waals surface area contributed by atoms with Crippen molar-refractivity contribution in [3.8, 4) is 0 Å². The molecule has 3 heterocycles. The highest BCUT2D eigenvalue weighted by Gasteiger charge is 2.40. The Morgan fingerprint density at radius 1 is 1.10 bits per heavy atom. The quantitative estimate of drug-likeness (QED) is 0.541. The maximum atomic E-state index is 13.4. The highest BCUT2D eigenvalue weighted by Crippen LogP contribution is 2.37. The molecule has 0 radical (unpaired) electrons. The van der Waals surface area contributed by atoms with Crippen molar-refractivity contribution in [2.24, 2.45) is 0 Å². The first-order valence-corrected chi connectivity index (χ1v) is 10.1. The first-order chi connectivity index (χ1) is 15.1. The lowest BCUT2D eigenvalue weighted by Gasteiger charge is -2.16. The molecule has 31 heavy (non-hydrogen) atoms. The maximum absolute atomic E-state index is 13.4. The van der Waals surface area contributed by atoms with E-state index >= 15 is 0 Å². The van der Waals surface area contributed by atoms with Crippen molar-refractivity contribution in [3.05, 3.63) is 84.2 Å². The largest absolute Gasteiger partial charge is 0.326 e. The summed E-state index contributed by atoms with van der Waals surface area (Å²) in [5.41, 5.74) is 4.32. The fraction of sp³-hybridized carbons (Fsp3) is 0.167. The van der Waals surface area contributed by atoms with Gasteiger partial charge in [-0.25, -0.2) is 4.98 Å². The molecule has 2 aromatic heterocycles. The molecule has 1 atom stereocenters. The summed E-state index contributed by atoms with van der Waals surface area (Å²) in [6, 6.07) is 18.4. The SMILES string of the molecule is Cc1cccc(NC(=O)CC2C(=O)N(Cc3cccnc3)c3nc4ccccc4n32)c1. The number of imidazole rings is 1. The van der Waals surface area contributed by atoms with E-state index in [4.69, 9.17) is 4.98 Å². The molecule has 5 rings (SSSR count). The number of hydrogen-bond donors (Lipinski definition) is 1. The Morgan fingerprint density at radius 3 is 2.77 bits per heavy atom. The van der Waals surface area contributed by atoms with E-state index in [2.05, 4.69) is 10.3 Å². The molecular weight excluding hydrogens is 390 g/mol. The molecule has 2 amide bonds. The van der Waals surface area contributed by atoms with Gasteiger partial charge in [0.15, 0.2) is 0 Å². The number of carbonyl (C=O) groups is 2. The van der Waals surface area contributed by atoms with Crippen LogP contribution in [0.5, 0.6) is 0 Å². The van der Waals surface area contributed by atoms with Gasteiger partial charge in [-0.2, -0.15) is 0 Å². The number of para-hydroxylation sites is 2. The summed E-state index contributed by atoms with van der Waals surface area (Å²) in [5.74, 6) is 0.204. The van der Waals surface area contributed by atoms with Gasteiger partial charge in [-0.15, -0.1) is 0 Å². The number of benzene rings is 2. The Labute approximate surface area is 179 Å². The van der Waals surface area contributed by atoms with E-state index in [9.17, 15) is 9.59 Å². The van der Waals surface area contributed by atoms with Gasteiger partial charge in [-0.3, -0.25) is 24.0 Å². The smallest absolute Gasteiger partial charge is 0.253 e. The number of carbonyl (C=O) groups excluding carboxylic acids is 2. The van der Waals surface area contributed by atoms with Crippen LogP contribution in [0.1, 0.15) is 23.6 Å². The monoisotopic (exact) mass is 411 g/mol. The van der Waals surface area contributed by atoms with Gasteiger partial charge in [-0.1, -0.05) is 30.3 Å². The number of fused-ring (bicyclic) bond motifs is 3. The van der Waals surface area contributed by atoms with Crippen LogP contribution in [-0.2, 0) is 16.1 Å². The van der Waals surface area contributed by atoms with Crippen molar-refractivity contribution < 1.29 is 9.59 Å². The van der Waals surface area contributed by atoms with Crippen molar-refractivity contribution in [2.75, 3.05) is 10.2 Å². The van der Waals surface area contributed by atoms with Crippen molar-refractivity contribution in [2.45, 2.75) is 25.9 Å². The molecule has 0 fully saturated rings. The number of aromatic nitrogens is 3. The molecule has 1 N–H and O–H groups in total. The van der Waals surface area contributed by atoms with Crippen LogP contribution < -0.4 is 10.2 Å². The van der Waals surface area contributed by atoms with Crippen LogP contribution in [0.4, 0.5) is 11.6 Å². The Morgan fingerprint density at radius 2 is 1.97 bits per heavy atom. The number of aryl methyl sites for hydroxylation is 1. The minimum atomic E-state index is -0.649. The molecule has 2 aromatic carbocycles. The summed E-state index contributed by atoms with van der Waals surface area (Å²) >= 11 is 0. The van der Waals surface area contributed by atoms with Crippen molar-refractivity contribution in [1.29, 1.82) is 0 Å². The molecule has 0 spiro atoms. The summed E-state index contributed by atoms with van der Waals surface area (Å²) in [7, 11) is 0. The van der Waals surface area contributed by atoms with Crippen LogP contribution in [0.2, 0.25) is 0 Å². The predicted octanol–water partition coefficient (Wildman–Crippen LogP) is 3.86. The molecular formula is C24H21N5O2. The van der Waals surface area contributed by atoms with E-state index in [1.807, 2.05) is 72.2 Å². The van der Waals surface area contributed by atoms with Gasteiger partial charge in [0, 0.05) is 18.1 Å². The van der Waals surface area contributed by atoms with E-state index in [0.29, 0.717) is 12.5 Å². The molecule has 0 aliphatic carbocycles. The highest BCUT2D eigenvalue weighted by atomic mass is 16.2. The normalized spacial score (nSPS) is 15.3. The van der Waals surface area contributed by atoms with Gasteiger partial charge in [-0.05, 0) is 48.4 Å². The lowest BCUT2D eigenvalue weighted by molar-refractivity contribution is -0.124. The summed E-state index contributed by atoms with van der Waals surface area (Å²) < 4.78 is 1.88.